The quantitative estimate of drug-likeness (QED) is 0.0368. The molecule has 0 saturated carbocycles. The molecule has 0 saturated heterocycles. The van der Waals surface area contributed by atoms with E-state index in [2.05, 4.69) is 31.7 Å². The molecule has 0 fully saturated rings. The van der Waals surface area contributed by atoms with Gasteiger partial charge >= 0.3 is 11.9 Å². The van der Waals surface area contributed by atoms with E-state index in [0.29, 0.717) is 19.4 Å². The summed E-state index contributed by atoms with van der Waals surface area (Å²) in [5, 5.41) is 0.190. The van der Waals surface area contributed by atoms with E-state index in [9.17, 15) is 14.4 Å². The maximum Gasteiger partial charge on any atom is 0.306 e. The summed E-state index contributed by atoms with van der Waals surface area (Å²) in [5.74, 6) is 0.674. The minimum atomic E-state index is -0.105. The van der Waals surface area contributed by atoms with Crippen molar-refractivity contribution in [2.45, 2.75) is 187 Å². The van der Waals surface area contributed by atoms with Crippen LogP contribution in [0, 0.1) is 0 Å². The third-order valence-electron chi connectivity index (χ3n) is 8.93. The first-order valence-corrected chi connectivity index (χ1v) is 21.4. The first-order valence-electron chi connectivity index (χ1n) is 20.4. The Labute approximate surface area is 307 Å². The molecule has 0 rings (SSSR count). The molecule has 0 aliphatic heterocycles. The van der Waals surface area contributed by atoms with Crippen LogP contribution in [0.1, 0.15) is 181 Å². The minimum Gasteiger partial charge on any atom is -0.462 e. The number of allylic oxidation sites excluding steroid dienone is 1. The van der Waals surface area contributed by atoms with E-state index in [-0.39, 0.29) is 23.3 Å². The van der Waals surface area contributed by atoms with E-state index in [4.69, 9.17) is 9.47 Å². The second-order valence-corrected chi connectivity index (χ2v) is 15.1. The van der Waals surface area contributed by atoms with Crippen molar-refractivity contribution in [2.24, 2.45) is 0 Å². The Hall–Kier alpha value is -1.54. The maximum atomic E-state index is 13.0. The lowest BCUT2D eigenvalue weighted by molar-refractivity contribution is -0.150. The first-order chi connectivity index (χ1) is 23.8. The molecule has 0 radical (unpaired) electrons. The van der Waals surface area contributed by atoms with E-state index < -0.39 is 0 Å². The molecule has 0 heterocycles. The molecule has 7 nitrogen and oxygen atoms in total. The summed E-state index contributed by atoms with van der Waals surface area (Å²) in [6.07, 6.45) is 30.4. The van der Waals surface area contributed by atoms with E-state index in [1.807, 2.05) is 25.1 Å². The van der Waals surface area contributed by atoms with Crippen LogP contribution in [0.5, 0.6) is 0 Å². The fourth-order valence-corrected chi connectivity index (χ4v) is 6.74. The van der Waals surface area contributed by atoms with Crippen LogP contribution in [0.2, 0.25) is 0 Å². The smallest absolute Gasteiger partial charge is 0.306 e. The molecule has 0 aliphatic rings. The van der Waals surface area contributed by atoms with Gasteiger partial charge in [-0.15, -0.1) is 0 Å². The van der Waals surface area contributed by atoms with Gasteiger partial charge in [0.05, 0.1) is 0 Å². The Bertz CT molecular complexity index is 797. The largest absolute Gasteiger partial charge is 0.462 e. The van der Waals surface area contributed by atoms with Crippen molar-refractivity contribution >= 4 is 28.9 Å². The summed E-state index contributed by atoms with van der Waals surface area (Å²) in [6, 6.07) is 0. The molecule has 0 bridgehead atoms. The molecule has 0 unspecified atom stereocenters. The van der Waals surface area contributed by atoms with Gasteiger partial charge in [0.2, 0.25) is 0 Å². The lowest BCUT2D eigenvalue weighted by Gasteiger charge is -2.22. The number of nitrogens with zero attached hydrogens (tertiary/aromatic N) is 2. The van der Waals surface area contributed by atoms with Crippen LogP contribution in [0.15, 0.2) is 12.2 Å². The highest BCUT2D eigenvalue weighted by Gasteiger charge is 2.15. The number of amides is 1. The van der Waals surface area contributed by atoms with Gasteiger partial charge in [0, 0.05) is 38.2 Å². The number of hydrogen-bond donors (Lipinski definition) is 0. The van der Waals surface area contributed by atoms with Crippen LogP contribution >= 0.6 is 11.8 Å². The van der Waals surface area contributed by atoms with Crippen LogP contribution in [0.3, 0.4) is 0 Å². The molecule has 288 valence electrons. The maximum absolute atomic E-state index is 13.0. The molecular weight excluding hydrogens is 633 g/mol. The summed E-state index contributed by atoms with van der Waals surface area (Å²) >= 11 is 1.43. The van der Waals surface area contributed by atoms with E-state index in [1.54, 1.807) is 0 Å². The Morgan fingerprint density at radius 3 is 1.67 bits per heavy atom. The monoisotopic (exact) mass is 711 g/mol. The summed E-state index contributed by atoms with van der Waals surface area (Å²) in [6.45, 7) is 9.51. The third-order valence-corrected chi connectivity index (χ3v) is 9.82. The number of carbonyl (C=O) groups is 3. The molecule has 0 spiro atoms. The zero-order valence-electron chi connectivity index (χ0n) is 32.8. The number of hydrogen-bond acceptors (Lipinski definition) is 7. The van der Waals surface area contributed by atoms with Gasteiger partial charge in [0.25, 0.3) is 5.24 Å². The van der Waals surface area contributed by atoms with Gasteiger partial charge in [-0.25, -0.2) is 0 Å². The topological polar surface area (TPSA) is 76.1 Å². The fraction of sp³-hybridized carbons (Fsp3) is 0.878. The van der Waals surface area contributed by atoms with Gasteiger partial charge in [0.1, 0.15) is 12.7 Å². The van der Waals surface area contributed by atoms with Crippen molar-refractivity contribution in [1.82, 2.24) is 9.80 Å². The second kappa shape index (κ2) is 36.3. The highest BCUT2D eigenvalue weighted by atomic mass is 32.2. The van der Waals surface area contributed by atoms with Crippen LogP contribution in [-0.2, 0) is 19.1 Å². The number of carbonyl (C=O) groups excluding carboxylic acids is 3. The first kappa shape index (κ1) is 47.5. The molecule has 0 aromatic heterocycles. The summed E-state index contributed by atoms with van der Waals surface area (Å²) in [4.78, 5) is 41.7. The molecule has 0 atom stereocenters. The SMILES string of the molecule is CCCCCC/C=C\COC(=O)CCCCCCCN(CCCCCCCC(=O)OC(CCCCC)CCCCC)C(=O)SCCN(C)C. The minimum absolute atomic E-state index is 0.0271. The van der Waals surface area contributed by atoms with Gasteiger partial charge in [-0.2, -0.15) is 0 Å². The number of unbranched alkanes of at least 4 members (excludes halogenated alkanes) is 16. The fourth-order valence-electron chi connectivity index (χ4n) is 5.74. The number of ether oxygens (including phenoxy) is 2. The van der Waals surface area contributed by atoms with Crippen LogP contribution in [0.4, 0.5) is 4.79 Å². The summed E-state index contributed by atoms with van der Waals surface area (Å²) in [5.41, 5.74) is 0. The van der Waals surface area contributed by atoms with Crippen molar-refractivity contribution in [2.75, 3.05) is 46.1 Å². The van der Waals surface area contributed by atoms with Gasteiger partial charge in [-0.05, 0) is 78.3 Å². The Balaban J connectivity index is 4.26. The normalized spacial score (nSPS) is 11.6. The molecule has 0 N–H and O–H groups in total. The predicted octanol–water partition coefficient (Wildman–Crippen LogP) is 11.5. The Morgan fingerprint density at radius 2 is 1.10 bits per heavy atom. The van der Waals surface area contributed by atoms with Gasteiger partial charge in [-0.3, -0.25) is 14.4 Å². The molecule has 1 amide bonds. The molecule has 49 heavy (non-hydrogen) atoms. The van der Waals surface area contributed by atoms with Gasteiger partial charge in [-0.1, -0.05) is 128 Å². The average Bonchev–Trinajstić information content (AvgIpc) is 3.07. The van der Waals surface area contributed by atoms with Crippen molar-refractivity contribution < 1.29 is 23.9 Å². The highest BCUT2D eigenvalue weighted by Crippen LogP contribution is 2.17. The van der Waals surface area contributed by atoms with Crippen molar-refractivity contribution in [3.63, 3.8) is 0 Å². The van der Waals surface area contributed by atoms with Gasteiger partial charge < -0.3 is 19.3 Å². The lowest BCUT2D eigenvalue weighted by Crippen LogP contribution is -2.30. The van der Waals surface area contributed by atoms with Crippen molar-refractivity contribution in [1.29, 1.82) is 0 Å². The average molecular weight is 711 g/mol. The molecule has 8 heteroatoms. The molecular formula is C41H78N2O5S. The van der Waals surface area contributed by atoms with Crippen LogP contribution in [-0.4, -0.2) is 79.2 Å². The highest BCUT2D eigenvalue weighted by molar-refractivity contribution is 8.13. The van der Waals surface area contributed by atoms with Gasteiger partial charge in [0.15, 0.2) is 0 Å². The molecule has 0 aromatic rings. The van der Waals surface area contributed by atoms with E-state index in [0.717, 1.165) is 122 Å². The van der Waals surface area contributed by atoms with Crippen molar-refractivity contribution in [3.05, 3.63) is 12.2 Å². The molecule has 0 aliphatic carbocycles. The van der Waals surface area contributed by atoms with Crippen LogP contribution in [0.25, 0.3) is 0 Å². The molecule has 0 aromatic carbocycles. The second-order valence-electron chi connectivity index (χ2n) is 14.0. The summed E-state index contributed by atoms with van der Waals surface area (Å²) < 4.78 is 11.2. The van der Waals surface area contributed by atoms with Crippen LogP contribution < -0.4 is 0 Å². The van der Waals surface area contributed by atoms with Crippen molar-refractivity contribution in [3.8, 4) is 0 Å². The van der Waals surface area contributed by atoms with E-state index in [1.165, 1.54) is 63.1 Å². The standard InChI is InChI=1S/C41H78N2O5S/c1-6-9-12-13-14-21-28-36-47-39(44)31-24-17-15-19-26-33-43(41(46)49-37-35-42(4)5)34-27-20-16-18-25-32-40(45)48-38(29-22-10-7-2)30-23-11-8-3/h21,28,38H,6-20,22-27,29-37H2,1-5H3/b28-21-. The Kier molecular flexibility index (Phi) is 35.1. The third kappa shape index (κ3) is 33.4. The Morgan fingerprint density at radius 1 is 0.592 bits per heavy atom. The number of esters is 2. The zero-order valence-corrected chi connectivity index (χ0v) is 33.6. The number of thioether (sulfide) groups is 1. The van der Waals surface area contributed by atoms with E-state index >= 15 is 0 Å². The number of rotatable bonds is 35. The summed E-state index contributed by atoms with van der Waals surface area (Å²) in [7, 11) is 4.07. The zero-order chi connectivity index (χ0) is 36.2. The lowest BCUT2D eigenvalue weighted by atomic mass is 10.0. The predicted molar refractivity (Wildman–Crippen MR) is 210 cm³/mol.